The molecule has 0 unspecified atom stereocenters. The molecule has 1 aliphatic rings. The third-order valence-electron chi connectivity index (χ3n) is 4.15. The van der Waals surface area contributed by atoms with Crippen LogP contribution >= 0.6 is 0 Å². The summed E-state index contributed by atoms with van der Waals surface area (Å²) in [5.74, 6) is 5.12. The molecule has 0 bridgehead atoms. The molecule has 26 heavy (non-hydrogen) atoms. The smallest absolute Gasteiger partial charge is 0.329 e. The largest absolute Gasteiger partial charge is 0.416 e. The monoisotopic (exact) mass is 362 g/mol. The number of nitrogens with zero attached hydrogens (tertiary/aromatic N) is 4. The zero-order valence-corrected chi connectivity index (χ0v) is 14.1. The fraction of sp³-hybridized carbons (Fsp3) is 0.333. The molecule has 3 rings (SSSR count). The second-order valence-corrected chi connectivity index (χ2v) is 6.06. The lowest BCUT2D eigenvalue weighted by Gasteiger charge is -2.30. The molecule has 1 aromatic carbocycles. The third-order valence-corrected chi connectivity index (χ3v) is 4.15. The highest BCUT2D eigenvalue weighted by atomic mass is 19.4. The molecule has 0 aliphatic carbocycles. The molecule has 5 nitrogen and oxygen atoms in total. The summed E-state index contributed by atoms with van der Waals surface area (Å²) >= 11 is 0. The highest BCUT2D eigenvalue weighted by Crippen LogP contribution is 2.29. The lowest BCUT2D eigenvalue weighted by Crippen LogP contribution is -2.46. The van der Waals surface area contributed by atoms with Gasteiger partial charge in [-0.3, -0.25) is 4.79 Å². The number of amides is 1. The Morgan fingerprint density at radius 2 is 1.77 bits per heavy atom. The lowest BCUT2D eigenvalue weighted by atomic mass is 10.2. The third kappa shape index (κ3) is 4.24. The van der Waals surface area contributed by atoms with Crippen LogP contribution < -0.4 is 0 Å². The molecule has 0 atom stereocenters. The first-order valence-corrected chi connectivity index (χ1v) is 8.05. The van der Waals surface area contributed by atoms with E-state index in [0.29, 0.717) is 24.3 Å². The molecule has 1 fully saturated rings. The molecule has 2 aromatic rings. The Balaban J connectivity index is 1.68. The van der Waals surface area contributed by atoms with Crippen molar-refractivity contribution in [2.45, 2.75) is 6.18 Å². The van der Waals surface area contributed by atoms with Gasteiger partial charge in [0.25, 0.3) is 5.91 Å². The first kappa shape index (κ1) is 18.0. The highest BCUT2D eigenvalue weighted by molar-refractivity contribution is 5.94. The Hall–Kier alpha value is -2.79. The quantitative estimate of drug-likeness (QED) is 0.729. The van der Waals surface area contributed by atoms with Gasteiger partial charge in [0.05, 0.1) is 23.0 Å². The van der Waals surface area contributed by atoms with E-state index in [1.807, 2.05) is 7.05 Å². The van der Waals surface area contributed by atoms with Gasteiger partial charge in [-0.25, -0.2) is 4.68 Å². The molecule has 1 aromatic heterocycles. The Kier molecular flexibility index (Phi) is 5.00. The number of carbonyl (C=O) groups excluding carboxylic acids is 1. The number of benzene rings is 1. The molecule has 0 saturated carbocycles. The van der Waals surface area contributed by atoms with Gasteiger partial charge < -0.3 is 9.80 Å². The second kappa shape index (κ2) is 7.22. The first-order valence-electron chi connectivity index (χ1n) is 8.05. The van der Waals surface area contributed by atoms with Gasteiger partial charge in [-0.1, -0.05) is 5.92 Å². The van der Waals surface area contributed by atoms with E-state index in [0.717, 1.165) is 25.2 Å². The molecular formula is C18H17F3N4O. The molecule has 136 valence electrons. The first-order chi connectivity index (χ1) is 12.3. The maximum atomic E-state index is 12.6. The van der Waals surface area contributed by atoms with Crippen LogP contribution in [0.1, 0.15) is 11.1 Å². The summed E-state index contributed by atoms with van der Waals surface area (Å²) in [6, 6.07) is 4.67. The van der Waals surface area contributed by atoms with Crippen LogP contribution in [0.2, 0.25) is 0 Å². The van der Waals surface area contributed by atoms with Crippen LogP contribution in [0.25, 0.3) is 5.69 Å². The minimum Gasteiger partial charge on any atom is -0.329 e. The van der Waals surface area contributed by atoms with Crippen LogP contribution in [0.15, 0.2) is 36.7 Å². The number of piperazine rings is 1. The zero-order chi connectivity index (χ0) is 18.7. The number of hydrogen-bond donors (Lipinski definition) is 0. The van der Waals surface area contributed by atoms with Gasteiger partial charge in [0, 0.05) is 38.3 Å². The van der Waals surface area contributed by atoms with Gasteiger partial charge in [-0.15, -0.1) is 0 Å². The van der Waals surface area contributed by atoms with Crippen molar-refractivity contribution in [3.63, 3.8) is 0 Å². The lowest BCUT2D eigenvalue weighted by molar-refractivity contribution is -0.137. The standard InChI is InChI=1S/C18H17F3N4O/c1-23-8-10-24(11-9-23)17(26)7-2-14-12-22-25(13-14)16-5-3-15(4-6-16)18(19,20)21/h3-6,12-13H,8-11H2,1H3. The molecule has 0 N–H and O–H groups in total. The molecule has 0 spiro atoms. The van der Waals surface area contributed by atoms with Crippen LogP contribution in [0, 0.1) is 11.8 Å². The van der Waals surface area contributed by atoms with Gasteiger partial charge in [-0.05, 0) is 31.3 Å². The van der Waals surface area contributed by atoms with E-state index in [1.54, 1.807) is 11.1 Å². The normalized spacial score (nSPS) is 15.5. The number of rotatable bonds is 1. The van der Waals surface area contributed by atoms with Gasteiger partial charge in [0.1, 0.15) is 0 Å². The summed E-state index contributed by atoms with van der Waals surface area (Å²) in [4.78, 5) is 15.9. The van der Waals surface area contributed by atoms with Crippen molar-refractivity contribution in [1.82, 2.24) is 19.6 Å². The molecular weight excluding hydrogens is 345 g/mol. The van der Waals surface area contributed by atoms with E-state index in [4.69, 9.17) is 0 Å². The summed E-state index contributed by atoms with van der Waals surface area (Å²) in [6.45, 7) is 2.93. The van der Waals surface area contributed by atoms with Crippen LogP contribution in [0.5, 0.6) is 0 Å². The fourth-order valence-corrected chi connectivity index (χ4v) is 2.55. The van der Waals surface area contributed by atoms with Crippen LogP contribution in [0.4, 0.5) is 13.2 Å². The Labute approximate surface area is 149 Å². The average Bonchev–Trinajstić information content (AvgIpc) is 3.09. The molecule has 0 radical (unpaired) electrons. The van der Waals surface area contributed by atoms with Crippen molar-refractivity contribution >= 4 is 5.91 Å². The molecule has 1 aliphatic heterocycles. The maximum absolute atomic E-state index is 12.6. The topological polar surface area (TPSA) is 41.4 Å². The highest BCUT2D eigenvalue weighted by Gasteiger charge is 2.30. The summed E-state index contributed by atoms with van der Waals surface area (Å²) in [5, 5.41) is 4.08. The number of halogens is 3. The molecule has 1 saturated heterocycles. The number of carbonyl (C=O) groups is 1. The van der Waals surface area contributed by atoms with Crippen molar-refractivity contribution in [2.75, 3.05) is 33.2 Å². The van der Waals surface area contributed by atoms with E-state index in [1.165, 1.54) is 23.0 Å². The van der Waals surface area contributed by atoms with Gasteiger partial charge in [0.15, 0.2) is 0 Å². The zero-order valence-electron chi connectivity index (χ0n) is 14.1. The van der Waals surface area contributed by atoms with E-state index >= 15 is 0 Å². The Morgan fingerprint density at radius 1 is 1.12 bits per heavy atom. The van der Waals surface area contributed by atoms with Crippen molar-refractivity contribution in [1.29, 1.82) is 0 Å². The summed E-state index contributed by atoms with van der Waals surface area (Å²) in [6.07, 6.45) is -1.32. The molecule has 2 heterocycles. The Bertz CT molecular complexity index is 838. The molecule has 8 heteroatoms. The molecule has 1 amide bonds. The fourth-order valence-electron chi connectivity index (χ4n) is 2.55. The van der Waals surface area contributed by atoms with Gasteiger partial charge in [-0.2, -0.15) is 18.3 Å². The van der Waals surface area contributed by atoms with Gasteiger partial charge in [0.2, 0.25) is 0 Å². The van der Waals surface area contributed by atoms with Gasteiger partial charge >= 0.3 is 6.18 Å². The predicted molar refractivity (Wildman–Crippen MR) is 89.5 cm³/mol. The van der Waals surface area contributed by atoms with E-state index < -0.39 is 11.7 Å². The van der Waals surface area contributed by atoms with E-state index in [2.05, 4.69) is 21.8 Å². The second-order valence-electron chi connectivity index (χ2n) is 6.06. The van der Waals surface area contributed by atoms with Crippen molar-refractivity contribution in [3.05, 3.63) is 47.8 Å². The SMILES string of the molecule is CN1CCN(C(=O)C#Cc2cnn(-c3ccc(C(F)(F)F)cc3)c2)CC1. The maximum Gasteiger partial charge on any atom is 0.416 e. The predicted octanol–water partition coefficient (Wildman–Crippen LogP) is 2.02. The Morgan fingerprint density at radius 3 is 2.38 bits per heavy atom. The van der Waals surface area contributed by atoms with E-state index in [-0.39, 0.29) is 5.91 Å². The van der Waals surface area contributed by atoms with Crippen molar-refractivity contribution < 1.29 is 18.0 Å². The van der Waals surface area contributed by atoms with Crippen molar-refractivity contribution in [3.8, 4) is 17.5 Å². The van der Waals surface area contributed by atoms with Crippen LogP contribution in [-0.2, 0) is 11.0 Å². The van der Waals surface area contributed by atoms with E-state index in [9.17, 15) is 18.0 Å². The van der Waals surface area contributed by atoms with Crippen molar-refractivity contribution in [2.24, 2.45) is 0 Å². The summed E-state index contributed by atoms with van der Waals surface area (Å²) < 4.78 is 39.2. The average molecular weight is 362 g/mol. The summed E-state index contributed by atoms with van der Waals surface area (Å²) in [5.41, 5.74) is 0.287. The number of aromatic nitrogens is 2. The van der Waals surface area contributed by atoms with Crippen LogP contribution in [-0.4, -0.2) is 58.7 Å². The summed E-state index contributed by atoms with van der Waals surface area (Å²) in [7, 11) is 2.00. The van der Waals surface area contributed by atoms with Crippen LogP contribution in [0.3, 0.4) is 0 Å². The number of likely N-dealkylation sites (N-methyl/N-ethyl adjacent to an activating group) is 1. The minimum atomic E-state index is -4.37. The minimum absolute atomic E-state index is 0.236. The number of alkyl halides is 3. The number of hydrogen-bond acceptors (Lipinski definition) is 3.